The molecule has 7 heteroatoms. The van der Waals surface area contributed by atoms with Gasteiger partial charge in [-0.05, 0) is 13.0 Å². The number of rotatable bonds is 4. The van der Waals surface area contributed by atoms with E-state index >= 15 is 0 Å². The number of ether oxygens (including phenoxy) is 1. The standard InChI is InChI=1S/C12H13N3O3S/c1-4-18-12(17)9-10(7(2)16)19-11(14-9)8-5-6-13-15(8)3/h5-6H,4H2,1-3H3. The lowest BCUT2D eigenvalue weighted by molar-refractivity contribution is 0.0517. The molecule has 0 atom stereocenters. The molecule has 0 aliphatic carbocycles. The summed E-state index contributed by atoms with van der Waals surface area (Å²) in [7, 11) is 1.77. The number of thiazole rings is 1. The van der Waals surface area contributed by atoms with E-state index in [0.717, 1.165) is 5.69 Å². The van der Waals surface area contributed by atoms with E-state index in [9.17, 15) is 9.59 Å². The largest absolute Gasteiger partial charge is 0.461 e. The molecule has 0 aliphatic heterocycles. The van der Waals surface area contributed by atoms with Gasteiger partial charge in [-0.2, -0.15) is 5.10 Å². The summed E-state index contributed by atoms with van der Waals surface area (Å²) in [6.07, 6.45) is 1.63. The van der Waals surface area contributed by atoms with Gasteiger partial charge in [-0.3, -0.25) is 9.48 Å². The zero-order valence-corrected chi connectivity index (χ0v) is 11.7. The second-order valence-corrected chi connectivity index (χ2v) is 4.81. The van der Waals surface area contributed by atoms with Crippen LogP contribution in [0, 0.1) is 0 Å². The first-order valence-electron chi connectivity index (χ1n) is 5.71. The first-order chi connectivity index (χ1) is 9.04. The summed E-state index contributed by atoms with van der Waals surface area (Å²) in [6, 6.07) is 1.78. The van der Waals surface area contributed by atoms with Crippen molar-refractivity contribution < 1.29 is 14.3 Å². The van der Waals surface area contributed by atoms with Gasteiger partial charge in [-0.15, -0.1) is 11.3 Å². The Morgan fingerprint density at radius 1 is 1.47 bits per heavy atom. The number of hydrogen-bond donors (Lipinski definition) is 0. The van der Waals surface area contributed by atoms with Crippen molar-refractivity contribution in [1.82, 2.24) is 14.8 Å². The Bertz CT molecular complexity index is 630. The number of Topliss-reactive ketones (excluding diaryl/α,β-unsaturated/α-hetero) is 1. The molecule has 6 nitrogen and oxygen atoms in total. The molecule has 0 unspecified atom stereocenters. The van der Waals surface area contributed by atoms with Crippen LogP contribution >= 0.6 is 11.3 Å². The van der Waals surface area contributed by atoms with Crippen LogP contribution in [0.5, 0.6) is 0 Å². The molecule has 100 valence electrons. The van der Waals surface area contributed by atoms with E-state index in [4.69, 9.17) is 4.74 Å². The van der Waals surface area contributed by atoms with Crippen molar-refractivity contribution >= 4 is 23.1 Å². The van der Waals surface area contributed by atoms with Crippen LogP contribution in [0.3, 0.4) is 0 Å². The molecule has 0 N–H and O–H groups in total. The molecule has 0 bridgehead atoms. The number of ketones is 1. The zero-order chi connectivity index (χ0) is 14.0. The molecule has 2 aromatic heterocycles. The Hall–Kier alpha value is -2.02. The highest BCUT2D eigenvalue weighted by Gasteiger charge is 2.23. The predicted octanol–water partition coefficient (Wildman–Crippen LogP) is 1.92. The molecule has 0 amide bonds. The third-order valence-electron chi connectivity index (χ3n) is 2.46. The average molecular weight is 279 g/mol. The van der Waals surface area contributed by atoms with Crippen LogP contribution in [0.4, 0.5) is 0 Å². The molecule has 0 aliphatic rings. The second-order valence-electron chi connectivity index (χ2n) is 3.81. The minimum Gasteiger partial charge on any atom is -0.461 e. The molecular formula is C12H13N3O3S. The van der Waals surface area contributed by atoms with Crippen LogP contribution in [-0.2, 0) is 11.8 Å². The summed E-state index contributed by atoms with van der Waals surface area (Å²) >= 11 is 1.17. The highest BCUT2D eigenvalue weighted by Crippen LogP contribution is 2.28. The molecular weight excluding hydrogens is 266 g/mol. The van der Waals surface area contributed by atoms with Gasteiger partial charge in [0.15, 0.2) is 11.5 Å². The minimum atomic E-state index is -0.572. The van der Waals surface area contributed by atoms with Crippen molar-refractivity contribution in [2.45, 2.75) is 13.8 Å². The van der Waals surface area contributed by atoms with Gasteiger partial charge < -0.3 is 4.74 Å². The van der Waals surface area contributed by atoms with E-state index in [2.05, 4.69) is 10.1 Å². The monoisotopic (exact) mass is 279 g/mol. The highest BCUT2D eigenvalue weighted by molar-refractivity contribution is 7.17. The third-order valence-corrected chi connectivity index (χ3v) is 3.63. The number of nitrogens with zero attached hydrogens (tertiary/aromatic N) is 3. The molecule has 2 aromatic rings. The van der Waals surface area contributed by atoms with Gasteiger partial charge in [0, 0.05) is 20.2 Å². The predicted molar refractivity (Wildman–Crippen MR) is 70.3 cm³/mol. The SMILES string of the molecule is CCOC(=O)c1nc(-c2ccnn2C)sc1C(C)=O. The normalized spacial score (nSPS) is 10.5. The van der Waals surface area contributed by atoms with Crippen molar-refractivity contribution in [1.29, 1.82) is 0 Å². The smallest absolute Gasteiger partial charge is 0.358 e. The van der Waals surface area contributed by atoms with E-state index in [1.807, 2.05) is 0 Å². The van der Waals surface area contributed by atoms with Crippen LogP contribution in [0.15, 0.2) is 12.3 Å². The van der Waals surface area contributed by atoms with E-state index in [1.165, 1.54) is 18.3 Å². The number of esters is 1. The van der Waals surface area contributed by atoms with E-state index < -0.39 is 5.97 Å². The quantitative estimate of drug-likeness (QED) is 0.631. The lowest BCUT2D eigenvalue weighted by Crippen LogP contribution is -2.09. The van der Waals surface area contributed by atoms with E-state index in [0.29, 0.717) is 9.88 Å². The summed E-state index contributed by atoms with van der Waals surface area (Å²) in [5, 5.41) is 4.62. The molecule has 19 heavy (non-hydrogen) atoms. The van der Waals surface area contributed by atoms with Gasteiger partial charge in [0.05, 0.1) is 12.3 Å². The maximum Gasteiger partial charge on any atom is 0.358 e. The number of hydrogen-bond acceptors (Lipinski definition) is 6. The van der Waals surface area contributed by atoms with Gasteiger partial charge in [0.1, 0.15) is 9.88 Å². The topological polar surface area (TPSA) is 74.1 Å². The second kappa shape index (κ2) is 5.31. The van der Waals surface area contributed by atoms with Crippen LogP contribution in [0.2, 0.25) is 0 Å². The summed E-state index contributed by atoms with van der Waals surface area (Å²) in [5.74, 6) is -0.772. The fraction of sp³-hybridized carbons (Fsp3) is 0.333. The Kier molecular flexibility index (Phi) is 3.75. The maximum absolute atomic E-state index is 11.8. The third kappa shape index (κ3) is 2.55. The number of carbonyl (C=O) groups excluding carboxylic acids is 2. The van der Waals surface area contributed by atoms with Crippen LogP contribution in [0.25, 0.3) is 10.7 Å². The Labute approximate surface area is 114 Å². The summed E-state index contributed by atoms with van der Waals surface area (Å²) in [5.41, 5.74) is 0.832. The minimum absolute atomic E-state index is 0.0792. The molecule has 0 saturated heterocycles. The summed E-state index contributed by atoms with van der Waals surface area (Å²) < 4.78 is 6.55. The average Bonchev–Trinajstić information content (AvgIpc) is 2.94. The van der Waals surface area contributed by atoms with Crippen LogP contribution in [-0.4, -0.2) is 33.1 Å². The van der Waals surface area contributed by atoms with E-state index in [-0.39, 0.29) is 18.1 Å². The van der Waals surface area contributed by atoms with Crippen LogP contribution in [0.1, 0.15) is 34.0 Å². The zero-order valence-electron chi connectivity index (χ0n) is 10.8. The van der Waals surface area contributed by atoms with Crippen LogP contribution < -0.4 is 0 Å². The molecule has 0 saturated carbocycles. The highest BCUT2D eigenvalue weighted by atomic mass is 32.1. The van der Waals surface area contributed by atoms with Crippen molar-refractivity contribution in [3.05, 3.63) is 22.8 Å². The molecule has 0 radical (unpaired) electrons. The van der Waals surface area contributed by atoms with Gasteiger partial charge in [-0.1, -0.05) is 0 Å². The Balaban J connectivity index is 2.49. The summed E-state index contributed by atoms with van der Waals surface area (Å²) in [4.78, 5) is 27.9. The fourth-order valence-corrected chi connectivity index (χ4v) is 2.59. The number of carbonyl (C=O) groups is 2. The lowest BCUT2D eigenvalue weighted by atomic mass is 10.3. The van der Waals surface area contributed by atoms with Gasteiger partial charge in [0.2, 0.25) is 0 Å². The van der Waals surface area contributed by atoms with Crippen molar-refractivity contribution in [3.63, 3.8) is 0 Å². The Morgan fingerprint density at radius 2 is 2.21 bits per heavy atom. The molecule has 0 spiro atoms. The maximum atomic E-state index is 11.8. The van der Waals surface area contributed by atoms with Gasteiger partial charge in [-0.25, -0.2) is 9.78 Å². The van der Waals surface area contributed by atoms with Crippen molar-refractivity contribution in [2.24, 2.45) is 7.05 Å². The fourth-order valence-electron chi connectivity index (χ4n) is 1.59. The Morgan fingerprint density at radius 3 is 2.74 bits per heavy atom. The van der Waals surface area contributed by atoms with Gasteiger partial charge >= 0.3 is 5.97 Å². The number of aryl methyl sites for hydroxylation is 1. The van der Waals surface area contributed by atoms with Crippen molar-refractivity contribution in [3.8, 4) is 10.7 Å². The van der Waals surface area contributed by atoms with Crippen molar-refractivity contribution in [2.75, 3.05) is 6.61 Å². The molecule has 0 aromatic carbocycles. The first kappa shape index (κ1) is 13.4. The molecule has 0 fully saturated rings. The summed E-state index contributed by atoms with van der Waals surface area (Å²) in [6.45, 7) is 3.36. The molecule has 2 rings (SSSR count). The van der Waals surface area contributed by atoms with E-state index in [1.54, 1.807) is 30.9 Å². The molecule has 2 heterocycles. The lowest BCUT2D eigenvalue weighted by Gasteiger charge is -1.99. The number of aromatic nitrogens is 3. The van der Waals surface area contributed by atoms with Gasteiger partial charge in [0.25, 0.3) is 0 Å². The first-order valence-corrected chi connectivity index (χ1v) is 6.53.